The molecule has 0 atom stereocenters. The maximum atomic E-state index is 13.6. The van der Waals surface area contributed by atoms with Crippen LogP contribution in [0.3, 0.4) is 0 Å². The van der Waals surface area contributed by atoms with Crippen LogP contribution in [0.15, 0.2) is 78.9 Å². The molecule has 5 aromatic rings. The van der Waals surface area contributed by atoms with E-state index in [4.69, 9.17) is 4.98 Å². The zero-order valence-electron chi connectivity index (χ0n) is 18.3. The van der Waals surface area contributed by atoms with Gasteiger partial charge in [-0.25, -0.2) is 4.98 Å². The minimum absolute atomic E-state index is 0.0262. The van der Waals surface area contributed by atoms with Gasteiger partial charge in [0.2, 0.25) is 0 Å². The Bertz CT molecular complexity index is 1410. The Morgan fingerprint density at radius 2 is 1.72 bits per heavy atom. The van der Waals surface area contributed by atoms with Crippen LogP contribution in [-0.2, 0) is 6.54 Å². The van der Waals surface area contributed by atoms with Gasteiger partial charge in [-0.1, -0.05) is 55.5 Å². The number of rotatable bonds is 6. The fraction of sp³-hybridized carbons (Fsp3) is 0.185. The summed E-state index contributed by atoms with van der Waals surface area (Å²) in [6.45, 7) is 5.70. The number of carbonyl (C=O) groups is 1. The molecule has 0 saturated heterocycles. The summed E-state index contributed by atoms with van der Waals surface area (Å²) in [4.78, 5) is 22.1. The van der Waals surface area contributed by atoms with E-state index in [1.807, 2.05) is 66.4 Å². The molecule has 2 heterocycles. The van der Waals surface area contributed by atoms with E-state index < -0.39 is 0 Å². The molecular formula is C27H25N3OS. The second kappa shape index (κ2) is 8.60. The standard InChI is InChI=1S/C27H25N3OS/c1-3-18-30-23-14-8-7-13-21(23)28-26(30)24-16-17-25(32-24)27(31)29(4-2)22-15-9-11-19-10-5-6-12-20(19)22/h5-17H,3-4,18H2,1-2H3. The number of imidazole rings is 1. The van der Waals surface area contributed by atoms with Crippen LogP contribution in [-0.4, -0.2) is 22.0 Å². The summed E-state index contributed by atoms with van der Waals surface area (Å²) in [5, 5.41) is 2.23. The summed E-state index contributed by atoms with van der Waals surface area (Å²) in [7, 11) is 0. The fourth-order valence-electron chi connectivity index (χ4n) is 4.29. The molecule has 32 heavy (non-hydrogen) atoms. The molecule has 160 valence electrons. The van der Waals surface area contributed by atoms with E-state index in [0.29, 0.717) is 6.54 Å². The lowest BCUT2D eigenvalue weighted by atomic mass is 10.1. The van der Waals surface area contributed by atoms with Crippen LogP contribution in [0, 0.1) is 0 Å². The number of fused-ring (bicyclic) bond motifs is 2. The Hall–Kier alpha value is -3.44. The molecule has 5 heteroatoms. The Kier molecular flexibility index (Phi) is 5.50. The molecule has 1 amide bonds. The van der Waals surface area contributed by atoms with Crippen LogP contribution in [0.5, 0.6) is 0 Å². The highest BCUT2D eigenvalue weighted by atomic mass is 32.1. The third-order valence-electron chi connectivity index (χ3n) is 5.76. The van der Waals surface area contributed by atoms with E-state index in [0.717, 1.165) is 56.0 Å². The Balaban J connectivity index is 1.54. The van der Waals surface area contributed by atoms with Gasteiger partial charge in [0.15, 0.2) is 5.82 Å². The number of anilines is 1. The molecule has 4 nitrogen and oxygen atoms in total. The molecule has 0 aliphatic rings. The number of aromatic nitrogens is 2. The second-order valence-corrected chi connectivity index (χ2v) is 8.87. The predicted molar refractivity (Wildman–Crippen MR) is 135 cm³/mol. The molecule has 0 saturated carbocycles. The van der Waals surface area contributed by atoms with Gasteiger partial charge in [-0.3, -0.25) is 4.79 Å². The molecule has 0 radical (unpaired) electrons. The number of nitrogens with zero attached hydrogens (tertiary/aromatic N) is 3. The van der Waals surface area contributed by atoms with Crippen molar-refractivity contribution in [3.8, 4) is 10.7 Å². The largest absolute Gasteiger partial charge is 0.323 e. The van der Waals surface area contributed by atoms with Gasteiger partial charge >= 0.3 is 0 Å². The van der Waals surface area contributed by atoms with E-state index in [1.54, 1.807) is 0 Å². The summed E-state index contributed by atoms with van der Waals surface area (Å²) < 4.78 is 2.26. The fourth-order valence-corrected chi connectivity index (χ4v) is 5.24. The zero-order valence-corrected chi connectivity index (χ0v) is 19.1. The number of aryl methyl sites for hydroxylation is 1. The van der Waals surface area contributed by atoms with Gasteiger partial charge in [-0.15, -0.1) is 11.3 Å². The van der Waals surface area contributed by atoms with Crippen molar-refractivity contribution in [2.45, 2.75) is 26.8 Å². The Morgan fingerprint density at radius 3 is 2.56 bits per heavy atom. The summed E-state index contributed by atoms with van der Waals surface area (Å²) in [6, 6.07) is 26.5. The van der Waals surface area contributed by atoms with Crippen molar-refractivity contribution in [3.05, 3.63) is 83.7 Å². The van der Waals surface area contributed by atoms with Crippen LogP contribution in [0.25, 0.3) is 32.5 Å². The summed E-state index contributed by atoms with van der Waals surface area (Å²) in [5.41, 5.74) is 3.07. The van der Waals surface area contributed by atoms with Crippen molar-refractivity contribution in [1.82, 2.24) is 9.55 Å². The quantitative estimate of drug-likeness (QED) is 0.286. The van der Waals surface area contributed by atoms with Crippen molar-refractivity contribution in [1.29, 1.82) is 0 Å². The normalized spacial score (nSPS) is 11.3. The molecule has 0 N–H and O–H groups in total. The van der Waals surface area contributed by atoms with Crippen LogP contribution < -0.4 is 4.90 Å². The summed E-state index contributed by atoms with van der Waals surface area (Å²) in [6.07, 6.45) is 1.02. The minimum atomic E-state index is 0.0262. The Labute approximate surface area is 191 Å². The number of benzene rings is 3. The van der Waals surface area contributed by atoms with E-state index >= 15 is 0 Å². The minimum Gasteiger partial charge on any atom is -0.323 e. The number of carbonyl (C=O) groups excluding carboxylic acids is 1. The first kappa shape index (κ1) is 20.5. The third kappa shape index (κ3) is 3.49. The van der Waals surface area contributed by atoms with Crippen LogP contribution in [0.2, 0.25) is 0 Å². The number of hydrogen-bond donors (Lipinski definition) is 0. The maximum Gasteiger partial charge on any atom is 0.268 e. The van der Waals surface area contributed by atoms with Gasteiger partial charge in [0.25, 0.3) is 5.91 Å². The van der Waals surface area contributed by atoms with Crippen molar-refractivity contribution >= 4 is 44.7 Å². The van der Waals surface area contributed by atoms with Crippen molar-refractivity contribution in [3.63, 3.8) is 0 Å². The lowest BCUT2D eigenvalue weighted by Crippen LogP contribution is -2.30. The van der Waals surface area contributed by atoms with Gasteiger partial charge in [0.1, 0.15) is 0 Å². The topological polar surface area (TPSA) is 38.1 Å². The highest BCUT2D eigenvalue weighted by Crippen LogP contribution is 2.33. The Morgan fingerprint density at radius 1 is 0.938 bits per heavy atom. The zero-order chi connectivity index (χ0) is 22.1. The summed E-state index contributed by atoms with van der Waals surface area (Å²) >= 11 is 1.52. The first-order valence-corrected chi connectivity index (χ1v) is 11.9. The molecule has 0 bridgehead atoms. The number of hydrogen-bond acceptors (Lipinski definition) is 3. The second-order valence-electron chi connectivity index (χ2n) is 7.79. The van der Waals surface area contributed by atoms with Crippen molar-refractivity contribution in [2.75, 3.05) is 11.4 Å². The smallest absolute Gasteiger partial charge is 0.268 e. The maximum absolute atomic E-state index is 13.6. The van der Waals surface area contributed by atoms with Gasteiger partial charge in [-0.2, -0.15) is 0 Å². The molecule has 0 spiro atoms. The lowest BCUT2D eigenvalue weighted by molar-refractivity contribution is 0.0992. The van der Waals surface area contributed by atoms with Crippen molar-refractivity contribution in [2.24, 2.45) is 0 Å². The molecule has 0 fully saturated rings. The molecule has 2 aromatic heterocycles. The third-order valence-corrected chi connectivity index (χ3v) is 6.83. The van der Waals surface area contributed by atoms with E-state index in [9.17, 15) is 4.79 Å². The predicted octanol–water partition coefficient (Wildman–Crippen LogP) is 6.99. The first-order chi connectivity index (χ1) is 15.7. The monoisotopic (exact) mass is 439 g/mol. The van der Waals surface area contributed by atoms with Crippen LogP contribution >= 0.6 is 11.3 Å². The molecule has 3 aromatic carbocycles. The van der Waals surface area contributed by atoms with Crippen molar-refractivity contribution < 1.29 is 4.79 Å². The number of amides is 1. The molecule has 0 aliphatic heterocycles. The summed E-state index contributed by atoms with van der Waals surface area (Å²) in [5.74, 6) is 0.962. The van der Waals surface area contributed by atoms with Gasteiger partial charge in [-0.05, 0) is 49.1 Å². The average Bonchev–Trinajstić information content (AvgIpc) is 3.45. The first-order valence-electron chi connectivity index (χ1n) is 11.1. The highest BCUT2D eigenvalue weighted by Gasteiger charge is 2.21. The van der Waals surface area contributed by atoms with Gasteiger partial charge in [0, 0.05) is 18.5 Å². The van der Waals surface area contributed by atoms with E-state index in [1.165, 1.54) is 11.3 Å². The lowest BCUT2D eigenvalue weighted by Gasteiger charge is -2.22. The van der Waals surface area contributed by atoms with Gasteiger partial charge in [0.05, 0.1) is 26.5 Å². The van der Waals surface area contributed by atoms with Crippen LogP contribution in [0.1, 0.15) is 29.9 Å². The van der Waals surface area contributed by atoms with E-state index in [2.05, 4.69) is 35.8 Å². The number of para-hydroxylation sites is 2. The molecule has 5 rings (SSSR count). The average molecular weight is 440 g/mol. The molecular weight excluding hydrogens is 414 g/mol. The molecule has 0 unspecified atom stereocenters. The molecule has 0 aliphatic carbocycles. The van der Waals surface area contributed by atoms with Gasteiger partial charge < -0.3 is 9.47 Å². The SMILES string of the molecule is CCCn1c(-c2ccc(C(=O)N(CC)c3cccc4ccccc34)s2)nc2ccccc21. The van der Waals surface area contributed by atoms with E-state index in [-0.39, 0.29) is 5.91 Å². The van der Waals surface area contributed by atoms with Crippen LogP contribution in [0.4, 0.5) is 5.69 Å². The number of thiophene rings is 1. The highest BCUT2D eigenvalue weighted by molar-refractivity contribution is 7.17.